The zero-order chi connectivity index (χ0) is 17.1. The van der Waals surface area contributed by atoms with Gasteiger partial charge in [-0.15, -0.1) is 11.3 Å². The standard InChI is InChI=1S/C17H24N2O3S2/c1-10(12-7-5-9-22-12)18-17(23)19-15-14(16(20)21-2)11-6-3-4-8-13(11)24-15/h10,12H,3-9H2,1-2H3,(H2,18,19,23)/t10-,12+/m0/s1. The Hall–Kier alpha value is -1.18. The van der Waals surface area contributed by atoms with Gasteiger partial charge in [0.25, 0.3) is 0 Å². The maximum absolute atomic E-state index is 12.2. The number of aryl methyl sites for hydroxylation is 1. The van der Waals surface area contributed by atoms with Crippen LogP contribution in [0.4, 0.5) is 5.00 Å². The van der Waals surface area contributed by atoms with E-state index in [1.807, 2.05) is 0 Å². The maximum Gasteiger partial charge on any atom is 0.341 e. The lowest BCUT2D eigenvalue weighted by Crippen LogP contribution is -2.42. The lowest BCUT2D eigenvalue weighted by Gasteiger charge is -2.21. The van der Waals surface area contributed by atoms with Crippen LogP contribution in [-0.4, -0.2) is 36.9 Å². The number of thiophene rings is 1. The summed E-state index contributed by atoms with van der Waals surface area (Å²) in [6.07, 6.45) is 6.60. The highest BCUT2D eigenvalue weighted by molar-refractivity contribution is 7.80. The van der Waals surface area contributed by atoms with Crippen molar-refractivity contribution >= 4 is 39.6 Å². The fraction of sp³-hybridized carbons (Fsp3) is 0.647. The first-order chi connectivity index (χ1) is 11.6. The van der Waals surface area contributed by atoms with Crippen molar-refractivity contribution in [1.82, 2.24) is 5.32 Å². The van der Waals surface area contributed by atoms with Crippen molar-refractivity contribution in [3.8, 4) is 0 Å². The molecule has 0 amide bonds. The maximum atomic E-state index is 12.2. The molecule has 0 aromatic carbocycles. The van der Waals surface area contributed by atoms with Gasteiger partial charge in [-0.2, -0.15) is 0 Å². The number of ether oxygens (including phenoxy) is 2. The number of esters is 1. The quantitative estimate of drug-likeness (QED) is 0.628. The fourth-order valence-electron chi connectivity index (χ4n) is 3.41. The van der Waals surface area contributed by atoms with E-state index < -0.39 is 0 Å². The molecule has 0 radical (unpaired) electrons. The van der Waals surface area contributed by atoms with E-state index in [1.54, 1.807) is 11.3 Å². The molecule has 0 bridgehead atoms. The second kappa shape index (κ2) is 7.80. The average molecular weight is 369 g/mol. The first kappa shape index (κ1) is 17.6. The van der Waals surface area contributed by atoms with Gasteiger partial charge < -0.3 is 20.1 Å². The van der Waals surface area contributed by atoms with Gasteiger partial charge in [0.05, 0.1) is 24.8 Å². The Morgan fingerprint density at radius 2 is 2.17 bits per heavy atom. The van der Waals surface area contributed by atoms with Crippen LogP contribution in [0.25, 0.3) is 0 Å². The van der Waals surface area contributed by atoms with Gasteiger partial charge >= 0.3 is 5.97 Å². The Bertz CT molecular complexity index is 624. The van der Waals surface area contributed by atoms with Gasteiger partial charge in [-0.05, 0) is 63.2 Å². The number of hydrogen-bond donors (Lipinski definition) is 2. The van der Waals surface area contributed by atoms with Crippen molar-refractivity contribution in [3.63, 3.8) is 0 Å². The largest absolute Gasteiger partial charge is 0.465 e. The summed E-state index contributed by atoms with van der Waals surface area (Å²) in [5.41, 5.74) is 1.79. The average Bonchev–Trinajstić information content (AvgIpc) is 3.21. The monoisotopic (exact) mass is 368 g/mol. The molecule has 1 aliphatic heterocycles. The summed E-state index contributed by atoms with van der Waals surface area (Å²) in [7, 11) is 1.43. The molecule has 1 aromatic heterocycles. The molecule has 0 saturated carbocycles. The molecule has 0 unspecified atom stereocenters. The van der Waals surface area contributed by atoms with E-state index in [-0.39, 0.29) is 18.1 Å². The second-order valence-electron chi connectivity index (χ2n) is 6.35. The molecule has 3 rings (SSSR count). The minimum absolute atomic E-state index is 0.142. The third kappa shape index (κ3) is 3.73. The van der Waals surface area contributed by atoms with Crippen LogP contribution in [-0.2, 0) is 22.3 Å². The molecule has 1 fully saturated rings. The highest BCUT2D eigenvalue weighted by atomic mass is 32.1. The zero-order valence-electron chi connectivity index (χ0n) is 14.1. The minimum atomic E-state index is -0.285. The van der Waals surface area contributed by atoms with Crippen molar-refractivity contribution in [3.05, 3.63) is 16.0 Å². The van der Waals surface area contributed by atoms with E-state index >= 15 is 0 Å². The summed E-state index contributed by atoms with van der Waals surface area (Å²) in [5.74, 6) is -0.285. The Kier molecular flexibility index (Phi) is 5.73. The van der Waals surface area contributed by atoms with Crippen LogP contribution < -0.4 is 10.6 Å². The van der Waals surface area contributed by atoms with Gasteiger partial charge in [0.1, 0.15) is 5.00 Å². The van der Waals surface area contributed by atoms with Gasteiger partial charge in [0.2, 0.25) is 0 Å². The minimum Gasteiger partial charge on any atom is -0.465 e. The van der Waals surface area contributed by atoms with Crippen LogP contribution in [0.5, 0.6) is 0 Å². The summed E-state index contributed by atoms with van der Waals surface area (Å²) in [4.78, 5) is 13.5. The number of rotatable bonds is 4. The van der Waals surface area contributed by atoms with Crippen LogP contribution in [0, 0.1) is 0 Å². The summed E-state index contributed by atoms with van der Waals surface area (Å²) in [6.45, 7) is 2.89. The number of anilines is 1. The predicted octanol–water partition coefficient (Wildman–Crippen LogP) is 3.27. The SMILES string of the molecule is COC(=O)c1c(NC(=S)N[C@@H](C)[C@H]2CCCO2)sc2c1CCCC2. The number of carbonyl (C=O) groups is 1. The zero-order valence-corrected chi connectivity index (χ0v) is 15.8. The summed E-state index contributed by atoms with van der Waals surface area (Å²) in [6, 6.07) is 0.142. The van der Waals surface area contributed by atoms with E-state index in [1.165, 1.54) is 18.4 Å². The van der Waals surface area contributed by atoms with Crippen molar-refractivity contribution in [2.24, 2.45) is 0 Å². The molecule has 7 heteroatoms. The summed E-state index contributed by atoms with van der Waals surface area (Å²) in [5, 5.41) is 7.83. The summed E-state index contributed by atoms with van der Waals surface area (Å²) >= 11 is 7.07. The van der Waals surface area contributed by atoms with Crippen molar-refractivity contribution in [2.75, 3.05) is 19.0 Å². The lowest BCUT2D eigenvalue weighted by molar-refractivity contribution is 0.0601. The predicted molar refractivity (Wildman–Crippen MR) is 100 cm³/mol. The Labute approximate surface area is 152 Å². The normalized spacial score (nSPS) is 21.0. The third-order valence-electron chi connectivity index (χ3n) is 4.67. The molecule has 2 atom stereocenters. The summed E-state index contributed by atoms with van der Waals surface area (Å²) < 4.78 is 10.7. The highest BCUT2D eigenvalue weighted by Gasteiger charge is 2.27. The van der Waals surface area contributed by atoms with E-state index in [0.29, 0.717) is 10.7 Å². The molecule has 0 spiro atoms. The number of methoxy groups -OCH3 is 1. The highest BCUT2D eigenvalue weighted by Crippen LogP contribution is 2.38. The van der Waals surface area contributed by atoms with E-state index in [2.05, 4.69) is 17.6 Å². The van der Waals surface area contributed by atoms with Crippen LogP contribution in [0.3, 0.4) is 0 Å². The van der Waals surface area contributed by atoms with E-state index in [4.69, 9.17) is 21.7 Å². The molecule has 2 heterocycles. The van der Waals surface area contributed by atoms with Crippen LogP contribution in [0.1, 0.15) is 53.4 Å². The molecule has 1 aliphatic carbocycles. The molecule has 132 valence electrons. The van der Waals surface area contributed by atoms with Crippen molar-refractivity contribution in [1.29, 1.82) is 0 Å². The Morgan fingerprint density at radius 1 is 1.38 bits per heavy atom. The van der Waals surface area contributed by atoms with Gasteiger partial charge in [-0.25, -0.2) is 4.79 Å². The van der Waals surface area contributed by atoms with E-state index in [0.717, 1.165) is 49.3 Å². The molecule has 2 N–H and O–H groups in total. The molecule has 2 aliphatic rings. The molecular weight excluding hydrogens is 344 g/mol. The third-order valence-corrected chi connectivity index (χ3v) is 6.10. The van der Waals surface area contributed by atoms with Gasteiger partial charge in [-0.3, -0.25) is 0 Å². The van der Waals surface area contributed by atoms with Gasteiger partial charge in [0, 0.05) is 11.5 Å². The molecule has 1 aromatic rings. The fourth-order valence-corrected chi connectivity index (χ4v) is 5.04. The van der Waals surface area contributed by atoms with Crippen LogP contribution in [0.2, 0.25) is 0 Å². The molecule has 5 nitrogen and oxygen atoms in total. The van der Waals surface area contributed by atoms with Crippen molar-refractivity contribution in [2.45, 2.75) is 57.6 Å². The number of carbonyl (C=O) groups excluding carboxylic acids is 1. The van der Waals surface area contributed by atoms with Crippen molar-refractivity contribution < 1.29 is 14.3 Å². The van der Waals surface area contributed by atoms with Gasteiger partial charge in [-0.1, -0.05) is 0 Å². The lowest BCUT2D eigenvalue weighted by atomic mass is 9.95. The first-order valence-corrected chi connectivity index (χ1v) is 9.74. The van der Waals surface area contributed by atoms with Gasteiger partial charge in [0.15, 0.2) is 5.11 Å². The number of fused-ring (bicyclic) bond motifs is 1. The van der Waals surface area contributed by atoms with Crippen LogP contribution in [0.15, 0.2) is 0 Å². The van der Waals surface area contributed by atoms with E-state index in [9.17, 15) is 4.79 Å². The Morgan fingerprint density at radius 3 is 2.88 bits per heavy atom. The number of nitrogens with one attached hydrogen (secondary N) is 2. The first-order valence-electron chi connectivity index (χ1n) is 8.52. The second-order valence-corrected chi connectivity index (χ2v) is 7.86. The molecule has 1 saturated heterocycles. The number of thiocarbonyl (C=S) groups is 1. The smallest absolute Gasteiger partial charge is 0.341 e. The van der Waals surface area contributed by atoms with Crippen LogP contribution >= 0.6 is 23.6 Å². The molecular formula is C17H24N2O3S2. The number of hydrogen-bond acceptors (Lipinski definition) is 5. The molecule has 24 heavy (non-hydrogen) atoms. The Balaban J connectivity index is 1.72. The topological polar surface area (TPSA) is 59.6 Å².